The first kappa shape index (κ1) is 36.2. The van der Waals surface area contributed by atoms with Crippen LogP contribution in [0.15, 0.2) is 109 Å². The largest absolute Gasteiger partial charge is 0.507 e. The molecule has 0 bridgehead atoms. The predicted octanol–water partition coefficient (Wildman–Crippen LogP) is 6.61. The van der Waals surface area contributed by atoms with Crippen LogP contribution in [0.4, 0.5) is 22.7 Å². The summed E-state index contributed by atoms with van der Waals surface area (Å²) in [4.78, 5) is 84.3. The van der Waals surface area contributed by atoms with E-state index in [0.29, 0.717) is 27.8 Å². The van der Waals surface area contributed by atoms with Crippen molar-refractivity contribution in [3.8, 4) is 5.75 Å². The quantitative estimate of drug-likeness (QED) is 0.0934. The van der Waals surface area contributed by atoms with Gasteiger partial charge in [-0.05, 0) is 48.4 Å². The minimum Gasteiger partial charge on any atom is -0.507 e. The standard InChI is InChI=1S/C43H36N4O9/c1-23-11-10-16-29(39(23)49)37-27-17-18-28-36(42(52)45(41(28)51)26-19-33(46(53)54)38(44(2)3)34(20-26)47(55)56)31(27)21-32-40(50)30(24-12-6-4-7-13-24)22-35(48)43(32,37)25-14-8-5-9-15-25/h4-17,19-20,22,28,31-32,36-37,49H,18,21H2,1-3H3. The summed E-state index contributed by atoms with van der Waals surface area (Å²) in [5.41, 5.74) is -0.572. The van der Waals surface area contributed by atoms with E-state index in [2.05, 4.69) is 0 Å². The third kappa shape index (κ3) is 5.14. The van der Waals surface area contributed by atoms with Crippen molar-refractivity contribution in [2.45, 2.75) is 31.1 Å². The van der Waals surface area contributed by atoms with Crippen molar-refractivity contribution in [2.75, 3.05) is 23.9 Å². The lowest BCUT2D eigenvalue weighted by molar-refractivity contribution is -0.392. The van der Waals surface area contributed by atoms with Gasteiger partial charge in [0.05, 0.1) is 32.8 Å². The van der Waals surface area contributed by atoms with Crippen molar-refractivity contribution in [2.24, 2.45) is 23.7 Å². The summed E-state index contributed by atoms with van der Waals surface area (Å²) >= 11 is 0. The number of nitro groups is 2. The molecule has 6 unspecified atom stereocenters. The summed E-state index contributed by atoms with van der Waals surface area (Å²) in [7, 11) is 2.83. The van der Waals surface area contributed by atoms with E-state index in [9.17, 15) is 34.9 Å². The average Bonchev–Trinajstić information content (AvgIpc) is 3.45. The van der Waals surface area contributed by atoms with Gasteiger partial charge in [-0.3, -0.25) is 39.4 Å². The number of ketones is 2. The van der Waals surface area contributed by atoms with E-state index in [4.69, 9.17) is 0 Å². The number of anilines is 2. The van der Waals surface area contributed by atoms with Crippen LogP contribution in [0.25, 0.3) is 5.57 Å². The first-order valence-electron chi connectivity index (χ1n) is 18.2. The first-order chi connectivity index (χ1) is 26.8. The number of benzene rings is 4. The Bertz CT molecular complexity index is 2420. The summed E-state index contributed by atoms with van der Waals surface area (Å²) in [6.45, 7) is 1.73. The summed E-state index contributed by atoms with van der Waals surface area (Å²) in [5.74, 6) is -6.95. The van der Waals surface area contributed by atoms with E-state index < -0.39 is 68.0 Å². The minimum atomic E-state index is -1.55. The summed E-state index contributed by atoms with van der Waals surface area (Å²) < 4.78 is 0. The fraction of sp³-hybridized carbons (Fsp3) is 0.256. The molecule has 13 heteroatoms. The van der Waals surface area contributed by atoms with Crippen LogP contribution in [0.5, 0.6) is 5.75 Å². The zero-order valence-corrected chi connectivity index (χ0v) is 30.6. The van der Waals surface area contributed by atoms with E-state index in [1.54, 1.807) is 79.7 Å². The molecule has 0 spiro atoms. The third-order valence-corrected chi connectivity index (χ3v) is 12.1. The summed E-state index contributed by atoms with van der Waals surface area (Å²) in [6, 6.07) is 25.0. The molecule has 4 aliphatic rings. The van der Waals surface area contributed by atoms with Crippen LogP contribution in [-0.4, -0.2) is 52.4 Å². The fourth-order valence-corrected chi connectivity index (χ4v) is 9.84. The van der Waals surface area contributed by atoms with Gasteiger partial charge < -0.3 is 10.0 Å². The number of amides is 2. The molecule has 1 N–H and O–H groups in total. The second-order valence-electron chi connectivity index (χ2n) is 15.1. The monoisotopic (exact) mass is 752 g/mol. The van der Waals surface area contributed by atoms with E-state index in [-0.39, 0.29) is 47.1 Å². The Balaban J connectivity index is 1.34. The zero-order chi connectivity index (χ0) is 39.8. The van der Waals surface area contributed by atoms with E-state index in [1.165, 1.54) is 25.1 Å². The molecule has 1 saturated heterocycles. The van der Waals surface area contributed by atoms with Gasteiger partial charge in [-0.2, -0.15) is 0 Å². The molecular weight excluding hydrogens is 716 g/mol. The molecule has 1 aliphatic heterocycles. The number of rotatable bonds is 7. The molecule has 2 fully saturated rings. The van der Waals surface area contributed by atoms with E-state index in [1.807, 2.05) is 12.1 Å². The van der Waals surface area contributed by atoms with Gasteiger partial charge in [-0.25, -0.2) is 4.90 Å². The molecule has 282 valence electrons. The molecular formula is C43H36N4O9. The summed E-state index contributed by atoms with van der Waals surface area (Å²) in [5, 5.41) is 36.2. The molecule has 56 heavy (non-hydrogen) atoms. The van der Waals surface area contributed by atoms with Crippen LogP contribution in [0.3, 0.4) is 0 Å². The highest BCUT2D eigenvalue weighted by Crippen LogP contribution is 2.64. The van der Waals surface area contributed by atoms with Gasteiger partial charge in [0.15, 0.2) is 17.3 Å². The predicted molar refractivity (Wildman–Crippen MR) is 206 cm³/mol. The second-order valence-corrected chi connectivity index (χ2v) is 15.1. The highest BCUT2D eigenvalue weighted by molar-refractivity contribution is 6.32. The van der Waals surface area contributed by atoms with E-state index >= 15 is 9.59 Å². The van der Waals surface area contributed by atoms with Crippen molar-refractivity contribution in [3.63, 3.8) is 0 Å². The fourth-order valence-electron chi connectivity index (χ4n) is 9.84. The van der Waals surface area contributed by atoms with Crippen LogP contribution in [0.2, 0.25) is 0 Å². The number of phenolic OH excluding ortho intramolecular Hbond substituents is 1. The number of carbonyl (C=O) groups is 4. The maximum atomic E-state index is 15.2. The van der Waals surface area contributed by atoms with Gasteiger partial charge in [-0.1, -0.05) is 90.5 Å². The number of Topliss-reactive ketones (excluding diaryl/α,β-unsaturated/α-hetero) is 1. The SMILES string of the molecule is Cc1cccc(C2C3=CCC4C(=O)N(c5cc([N+](=O)[O-])c(N(C)C)c([N+](=O)[O-])c5)C(=O)C4C3CC3C(=O)C(c4ccccc4)=CC(=O)C32c2ccccc2)c1O. The highest BCUT2D eigenvalue weighted by atomic mass is 16.6. The van der Waals surface area contributed by atoms with Gasteiger partial charge in [0.2, 0.25) is 11.8 Å². The normalized spacial score (nSPS) is 25.5. The number of fused-ring (bicyclic) bond motifs is 4. The van der Waals surface area contributed by atoms with Crippen LogP contribution in [0.1, 0.15) is 41.0 Å². The van der Waals surface area contributed by atoms with Crippen LogP contribution in [0, 0.1) is 50.8 Å². The zero-order valence-electron chi connectivity index (χ0n) is 30.6. The molecule has 3 aliphatic carbocycles. The molecule has 1 saturated carbocycles. The minimum absolute atomic E-state index is 0.00750. The Labute approximate surface area is 320 Å². The number of nitrogens with zero attached hydrogens (tertiary/aromatic N) is 4. The lowest BCUT2D eigenvalue weighted by Gasteiger charge is -2.55. The molecule has 0 aromatic heterocycles. The number of aromatic hydroxyl groups is 1. The molecule has 4 aromatic carbocycles. The molecule has 1 heterocycles. The average molecular weight is 753 g/mol. The third-order valence-electron chi connectivity index (χ3n) is 12.1. The topological polar surface area (TPSA) is 181 Å². The number of hydrogen-bond acceptors (Lipinski definition) is 10. The molecule has 8 rings (SSSR count). The lowest BCUT2D eigenvalue weighted by atomic mass is 9.44. The van der Waals surface area contributed by atoms with Gasteiger partial charge in [0.25, 0.3) is 0 Å². The number of nitro benzene ring substituents is 2. The molecule has 0 radical (unpaired) electrons. The first-order valence-corrected chi connectivity index (χ1v) is 18.2. The number of para-hydroxylation sites is 1. The number of allylic oxidation sites excluding steroid dienone is 4. The lowest BCUT2D eigenvalue weighted by Crippen LogP contribution is -2.58. The van der Waals surface area contributed by atoms with Crippen molar-refractivity contribution in [1.29, 1.82) is 0 Å². The highest BCUT2D eigenvalue weighted by Gasteiger charge is 2.66. The maximum Gasteiger partial charge on any atom is 0.301 e. The summed E-state index contributed by atoms with van der Waals surface area (Å²) in [6.07, 6.45) is 3.27. The number of aryl methyl sites for hydroxylation is 1. The molecule has 2 amide bonds. The molecule has 4 aromatic rings. The van der Waals surface area contributed by atoms with Crippen LogP contribution < -0.4 is 9.80 Å². The number of imide groups is 1. The maximum absolute atomic E-state index is 15.2. The number of carbonyl (C=O) groups excluding carboxylic acids is 4. The smallest absolute Gasteiger partial charge is 0.301 e. The Morgan fingerprint density at radius 3 is 2.05 bits per heavy atom. The Hall–Kier alpha value is -6.76. The van der Waals surface area contributed by atoms with Crippen LogP contribution >= 0.6 is 0 Å². The number of phenols is 1. The van der Waals surface area contributed by atoms with Gasteiger partial charge in [0.1, 0.15) is 5.75 Å². The second kappa shape index (κ2) is 13.2. The van der Waals surface area contributed by atoms with Gasteiger partial charge in [-0.15, -0.1) is 0 Å². The van der Waals surface area contributed by atoms with Crippen molar-refractivity contribution in [3.05, 3.63) is 151 Å². The van der Waals surface area contributed by atoms with Crippen LogP contribution in [-0.2, 0) is 24.6 Å². The van der Waals surface area contributed by atoms with Gasteiger partial charge >= 0.3 is 11.4 Å². The Morgan fingerprint density at radius 1 is 0.821 bits per heavy atom. The van der Waals surface area contributed by atoms with Crippen molar-refractivity contribution in [1.82, 2.24) is 0 Å². The number of hydrogen-bond donors (Lipinski definition) is 1. The Kier molecular flexibility index (Phi) is 8.55. The van der Waals surface area contributed by atoms with Crippen molar-refractivity contribution >= 4 is 51.7 Å². The van der Waals surface area contributed by atoms with Gasteiger partial charge in [0, 0.05) is 49.2 Å². The molecule has 13 nitrogen and oxygen atoms in total. The van der Waals surface area contributed by atoms with Crippen molar-refractivity contribution < 1.29 is 34.1 Å². The molecule has 6 atom stereocenters. The van der Waals surface area contributed by atoms with E-state index in [0.717, 1.165) is 17.0 Å². The Morgan fingerprint density at radius 2 is 1.45 bits per heavy atom.